The van der Waals surface area contributed by atoms with Gasteiger partial charge >= 0.3 is 0 Å². The van der Waals surface area contributed by atoms with Gasteiger partial charge in [-0.15, -0.1) is 0 Å². The Morgan fingerprint density at radius 3 is 2.62 bits per heavy atom. The Balaban J connectivity index is 2.62. The van der Waals surface area contributed by atoms with Gasteiger partial charge in [0.15, 0.2) is 5.78 Å². The smallest absolute Gasteiger partial charge is 0.188 e. The second-order valence-electron chi connectivity index (χ2n) is 4.65. The van der Waals surface area contributed by atoms with Crippen molar-refractivity contribution in [3.8, 4) is 0 Å². The predicted octanol–water partition coefficient (Wildman–Crippen LogP) is 3.16. The lowest BCUT2D eigenvalue weighted by atomic mass is 10.0. The van der Waals surface area contributed by atoms with Gasteiger partial charge in [0.2, 0.25) is 0 Å². The molecular weight excluding hydrogens is 200 g/mol. The van der Waals surface area contributed by atoms with Crippen LogP contribution in [0.1, 0.15) is 35.3 Å². The maximum atomic E-state index is 11.9. The second kappa shape index (κ2) is 5.80. The van der Waals surface area contributed by atoms with E-state index >= 15 is 0 Å². The zero-order valence-corrected chi connectivity index (χ0v) is 10.5. The number of ether oxygens (including phenoxy) is 1. The van der Waals surface area contributed by atoms with E-state index in [0.29, 0.717) is 12.5 Å². The van der Waals surface area contributed by atoms with Crippen LogP contribution in [0.25, 0.3) is 0 Å². The third-order valence-corrected chi connectivity index (χ3v) is 2.38. The first-order chi connectivity index (χ1) is 7.50. The Hall–Kier alpha value is -1.15. The molecule has 1 rings (SSSR count). The van der Waals surface area contributed by atoms with Crippen LogP contribution >= 0.6 is 0 Å². The molecule has 0 atom stereocenters. The summed E-state index contributed by atoms with van der Waals surface area (Å²) in [6, 6.07) is 5.92. The highest BCUT2D eigenvalue weighted by Gasteiger charge is 2.09. The van der Waals surface area contributed by atoms with Crippen LogP contribution in [-0.4, -0.2) is 19.0 Å². The zero-order chi connectivity index (χ0) is 12.1. The molecule has 0 saturated heterocycles. The van der Waals surface area contributed by atoms with Crippen LogP contribution in [-0.2, 0) is 4.74 Å². The summed E-state index contributed by atoms with van der Waals surface area (Å²) in [4.78, 5) is 11.9. The van der Waals surface area contributed by atoms with Crippen LogP contribution in [0.15, 0.2) is 18.2 Å². The number of ketones is 1. The van der Waals surface area contributed by atoms with Crippen LogP contribution in [0.5, 0.6) is 0 Å². The predicted molar refractivity (Wildman–Crippen MR) is 65.9 cm³/mol. The summed E-state index contributed by atoms with van der Waals surface area (Å²) in [5, 5.41) is 0. The number of carbonyl (C=O) groups excluding carboxylic acids is 1. The fourth-order valence-corrected chi connectivity index (χ4v) is 1.50. The fraction of sp³-hybridized carbons (Fsp3) is 0.500. The molecule has 1 aromatic carbocycles. The molecule has 2 heteroatoms. The quantitative estimate of drug-likeness (QED) is 0.712. The lowest BCUT2D eigenvalue weighted by molar-refractivity contribution is 0.0705. The van der Waals surface area contributed by atoms with Gasteiger partial charge in [0.05, 0.1) is 0 Å². The molecule has 0 fully saturated rings. The molecule has 0 N–H and O–H groups in total. The van der Waals surface area contributed by atoms with E-state index in [2.05, 4.69) is 13.8 Å². The number of Topliss-reactive ketones (excluding diaryl/α,β-unsaturated/α-hetero) is 1. The van der Waals surface area contributed by atoms with Gasteiger partial charge in [-0.25, -0.2) is 0 Å². The first kappa shape index (κ1) is 12.9. The molecule has 2 nitrogen and oxygen atoms in total. The van der Waals surface area contributed by atoms with Crippen LogP contribution in [0.3, 0.4) is 0 Å². The molecule has 0 saturated carbocycles. The Morgan fingerprint density at radius 2 is 2.00 bits per heavy atom. The molecular formula is C14H20O2. The van der Waals surface area contributed by atoms with E-state index in [1.807, 2.05) is 32.0 Å². The lowest BCUT2D eigenvalue weighted by Gasteiger charge is -2.08. The van der Waals surface area contributed by atoms with E-state index < -0.39 is 0 Å². The van der Waals surface area contributed by atoms with Gasteiger partial charge in [-0.3, -0.25) is 4.79 Å². The maximum Gasteiger partial charge on any atom is 0.188 e. The molecule has 0 unspecified atom stereocenters. The summed E-state index contributed by atoms with van der Waals surface area (Å²) in [6.07, 6.45) is 0. The van der Waals surface area contributed by atoms with E-state index in [1.165, 1.54) is 0 Å². The molecule has 0 aromatic heterocycles. The molecule has 1 aromatic rings. The highest BCUT2D eigenvalue weighted by molar-refractivity contribution is 5.98. The average molecular weight is 220 g/mol. The topological polar surface area (TPSA) is 26.3 Å². The van der Waals surface area contributed by atoms with Crippen LogP contribution in [0.2, 0.25) is 0 Å². The monoisotopic (exact) mass is 220 g/mol. The van der Waals surface area contributed by atoms with Crippen molar-refractivity contribution in [2.24, 2.45) is 5.92 Å². The van der Waals surface area contributed by atoms with Gasteiger partial charge < -0.3 is 4.74 Å². The van der Waals surface area contributed by atoms with E-state index in [0.717, 1.165) is 16.7 Å². The Kier molecular flexibility index (Phi) is 4.69. The summed E-state index contributed by atoms with van der Waals surface area (Å²) >= 11 is 0. The fourth-order valence-electron chi connectivity index (χ4n) is 1.50. The molecule has 0 aliphatic carbocycles. The Labute approximate surface area is 97.6 Å². The van der Waals surface area contributed by atoms with Crippen molar-refractivity contribution in [3.63, 3.8) is 0 Å². The van der Waals surface area contributed by atoms with Gasteiger partial charge in [0.25, 0.3) is 0 Å². The molecule has 0 aliphatic rings. The van der Waals surface area contributed by atoms with E-state index in [4.69, 9.17) is 4.74 Å². The third-order valence-electron chi connectivity index (χ3n) is 2.38. The zero-order valence-electron chi connectivity index (χ0n) is 10.5. The van der Waals surface area contributed by atoms with Crippen molar-refractivity contribution >= 4 is 5.78 Å². The van der Waals surface area contributed by atoms with Gasteiger partial charge in [0, 0.05) is 12.2 Å². The van der Waals surface area contributed by atoms with Crippen LogP contribution < -0.4 is 0 Å². The van der Waals surface area contributed by atoms with Crippen molar-refractivity contribution in [2.75, 3.05) is 13.2 Å². The van der Waals surface area contributed by atoms with Gasteiger partial charge in [0.1, 0.15) is 6.61 Å². The maximum absolute atomic E-state index is 11.9. The summed E-state index contributed by atoms with van der Waals surface area (Å²) in [7, 11) is 0. The molecule has 0 spiro atoms. The van der Waals surface area contributed by atoms with Gasteiger partial charge in [-0.1, -0.05) is 31.5 Å². The minimum Gasteiger partial charge on any atom is -0.373 e. The number of hydrogen-bond donors (Lipinski definition) is 0. The van der Waals surface area contributed by atoms with E-state index in [1.54, 1.807) is 0 Å². The van der Waals surface area contributed by atoms with Crippen molar-refractivity contribution in [1.82, 2.24) is 0 Å². The second-order valence-corrected chi connectivity index (χ2v) is 4.65. The van der Waals surface area contributed by atoms with Gasteiger partial charge in [-0.05, 0) is 31.4 Å². The number of hydrogen-bond acceptors (Lipinski definition) is 2. The van der Waals surface area contributed by atoms with E-state index in [9.17, 15) is 4.79 Å². The molecule has 0 radical (unpaired) electrons. The highest BCUT2D eigenvalue weighted by atomic mass is 16.5. The minimum absolute atomic E-state index is 0.0712. The average Bonchev–Trinajstić information content (AvgIpc) is 2.21. The molecule has 0 aliphatic heterocycles. The first-order valence-corrected chi connectivity index (χ1v) is 5.69. The standard InChI is InChI=1S/C14H20O2/c1-10(2)8-16-9-14(15)13-7-11(3)5-6-12(13)4/h5-7,10H,8-9H2,1-4H3. The van der Waals surface area contributed by atoms with Crippen molar-refractivity contribution in [2.45, 2.75) is 27.7 Å². The lowest BCUT2D eigenvalue weighted by Crippen LogP contribution is -2.13. The van der Waals surface area contributed by atoms with Crippen molar-refractivity contribution in [3.05, 3.63) is 34.9 Å². The number of aryl methyl sites for hydroxylation is 2. The van der Waals surface area contributed by atoms with Crippen LogP contribution in [0, 0.1) is 19.8 Å². The molecule has 88 valence electrons. The SMILES string of the molecule is Cc1ccc(C)c(C(=O)COCC(C)C)c1. The van der Waals surface area contributed by atoms with Gasteiger partial charge in [-0.2, -0.15) is 0 Å². The Bertz CT molecular complexity index is 367. The molecule has 0 amide bonds. The first-order valence-electron chi connectivity index (χ1n) is 5.69. The largest absolute Gasteiger partial charge is 0.373 e. The number of benzene rings is 1. The van der Waals surface area contributed by atoms with Crippen molar-refractivity contribution < 1.29 is 9.53 Å². The Morgan fingerprint density at radius 1 is 1.31 bits per heavy atom. The van der Waals surface area contributed by atoms with Crippen LogP contribution in [0.4, 0.5) is 0 Å². The molecule has 0 heterocycles. The summed E-state index contributed by atoms with van der Waals surface area (Å²) in [5.41, 5.74) is 2.91. The molecule has 16 heavy (non-hydrogen) atoms. The summed E-state index contributed by atoms with van der Waals surface area (Å²) in [5.74, 6) is 0.535. The highest BCUT2D eigenvalue weighted by Crippen LogP contribution is 2.11. The van der Waals surface area contributed by atoms with Crippen molar-refractivity contribution in [1.29, 1.82) is 0 Å². The third kappa shape index (κ3) is 3.78. The van der Waals surface area contributed by atoms with E-state index in [-0.39, 0.29) is 12.4 Å². The molecule has 0 bridgehead atoms. The summed E-state index contributed by atoms with van der Waals surface area (Å²) < 4.78 is 5.36. The number of carbonyl (C=O) groups is 1. The minimum atomic E-state index is 0.0712. The number of rotatable bonds is 5. The normalized spacial score (nSPS) is 10.8. The summed E-state index contributed by atoms with van der Waals surface area (Å²) in [6.45, 7) is 8.91.